The minimum absolute atomic E-state index is 0.0596. The second kappa shape index (κ2) is 10.9. The van der Waals surface area contributed by atoms with Crippen molar-refractivity contribution in [2.24, 2.45) is 5.14 Å². The maximum atomic E-state index is 12.1. The van der Waals surface area contributed by atoms with Crippen molar-refractivity contribution in [2.45, 2.75) is 22.3 Å². The van der Waals surface area contributed by atoms with Gasteiger partial charge in [-0.2, -0.15) is 0 Å². The van der Waals surface area contributed by atoms with E-state index in [1.165, 1.54) is 18.2 Å². The maximum Gasteiger partial charge on any atom is 0.293 e. The Morgan fingerprint density at radius 3 is 2.52 bits per heavy atom. The van der Waals surface area contributed by atoms with Crippen LogP contribution >= 0.6 is 11.8 Å². The molecule has 0 aliphatic carbocycles. The van der Waals surface area contributed by atoms with Crippen molar-refractivity contribution in [3.05, 3.63) is 58.6 Å². The Bertz CT molecular complexity index is 982. The minimum atomic E-state index is -4.14. The van der Waals surface area contributed by atoms with Crippen LogP contribution in [0.5, 0.6) is 0 Å². The summed E-state index contributed by atoms with van der Waals surface area (Å²) in [7, 11) is -4.14. The van der Waals surface area contributed by atoms with E-state index in [9.17, 15) is 18.5 Å². The van der Waals surface area contributed by atoms with Gasteiger partial charge in [0.05, 0.1) is 18.1 Å². The number of anilines is 1. The molecule has 3 rings (SSSR count). The molecule has 1 fully saturated rings. The van der Waals surface area contributed by atoms with E-state index in [4.69, 9.17) is 9.88 Å². The van der Waals surface area contributed by atoms with Gasteiger partial charge in [0.25, 0.3) is 5.69 Å². The monoisotopic (exact) mass is 466 g/mol. The Morgan fingerprint density at radius 2 is 1.87 bits per heavy atom. The van der Waals surface area contributed by atoms with Gasteiger partial charge in [-0.25, -0.2) is 13.6 Å². The molecule has 168 valence electrons. The molecule has 1 heterocycles. The van der Waals surface area contributed by atoms with Crippen LogP contribution in [-0.4, -0.2) is 62.9 Å². The van der Waals surface area contributed by atoms with Gasteiger partial charge in [-0.05, 0) is 24.6 Å². The van der Waals surface area contributed by atoms with Gasteiger partial charge in [-0.1, -0.05) is 24.3 Å². The zero-order chi connectivity index (χ0) is 22.3. The number of morpholine rings is 1. The molecule has 0 aromatic heterocycles. The van der Waals surface area contributed by atoms with Gasteiger partial charge in [0.1, 0.15) is 10.6 Å². The number of nitrogens with zero attached hydrogens (tertiary/aromatic N) is 2. The van der Waals surface area contributed by atoms with Crippen LogP contribution in [0.4, 0.5) is 11.4 Å². The summed E-state index contributed by atoms with van der Waals surface area (Å²) in [5, 5.41) is 20.0. The Labute approximate surface area is 186 Å². The molecule has 9 nitrogen and oxygen atoms in total. The summed E-state index contributed by atoms with van der Waals surface area (Å²) in [6.45, 7) is 3.77. The summed E-state index contributed by atoms with van der Waals surface area (Å²) in [6, 6.07) is 13.5. The molecule has 0 amide bonds. The first-order valence-electron chi connectivity index (χ1n) is 9.89. The molecule has 1 aliphatic heterocycles. The van der Waals surface area contributed by atoms with Crippen molar-refractivity contribution >= 4 is 33.2 Å². The van der Waals surface area contributed by atoms with Gasteiger partial charge in [0, 0.05) is 42.4 Å². The van der Waals surface area contributed by atoms with Crippen molar-refractivity contribution in [2.75, 3.05) is 43.9 Å². The number of sulfonamides is 1. The lowest BCUT2D eigenvalue weighted by molar-refractivity contribution is -0.384. The van der Waals surface area contributed by atoms with Crippen LogP contribution < -0.4 is 10.5 Å². The number of nitrogens with two attached hydrogens (primary N) is 1. The lowest BCUT2D eigenvalue weighted by Crippen LogP contribution is -2.39. The number of hydrogen-bond acceptors (Lipinski definition) is 8. The summed E-state index contributed by atoms with van der Waals surface area (Å²) in [4.78, 5) is 14.0. The summed E-state index contributed by atoms with van der Waals surface area (Å²) < 4.78 is 29.6. The Morgan fingerprint density at radius 1 is 1.16 bits per heavy atom. The molecule has 0 bridgehead atoms. The third-order valence-corrected chi connectivity index (χ3v) is 7.08. The third kappa shape index (κ3) is 6.91. The van der Waals surface area contributed by atoms with Crippen LogP contribution in [0, 0.1) is 10.1 Å². The topological polar surface area (TPSA) is 128 Å². The number of primary sulfonamides is 1. The average molecular weight is 467 g/mol. The van der Waals surface area contributed by atoms with E-state index in [1.54, 1.807) is 11.8 Å². The zero-order valence-corrected chi connectivity index (χ0v) is 18.6. The highest BCUT2D eigenvalue weighted by atomic mass is 32.2. The number of nitrogens with one attached hydrogen (secondary N) is 1. The van der Waals surface area contributed by atoms with Crippen LogP contribution in [0.15, 0.2) is 58.3 Å². The predicted molar refractivity (Wildman–Crippen MR) is 121 cm³/mol. The fourth-order valence-corrected chi connectivity index (χ4v) is 5.04. The van der Waals surface area contributed by atoms with E-state index < -0.39 is 14.9 Å². The highest BCUT2D eigenvalue weighted by Gasteiger charge is 2.26. The summed E-state index contributed by atoms with van der Waals surface area (Å²) in [5.41, 5.74) is -0.372. The molecule has 11 heteroatoms. The van der Waals surface area contributed by atoms with Gasteiger partial charge in [-0.15, -0.1) is 11.8 Å². The fraction of sp³-hybridized carbons (Fsp3) is 0.400. The van der Waals surface area contributed by atoms with Gasteiger partial charge < -0.3 is 10.1 Å². The number of rotatable bonds is 10. The lowest BCUT2D eigenvalue weighted by Gasteiger charge is -2.29. The quantitative estimate of drug-likeness (QED) is 0.311. The average Bonchev–Trinajstić information content (AvgIpc) is 2.76. The molecular formula is C20H26N4O5S2. The number of hydrogen-bond donors (Lipinski definition) is 2. The molecule has 2 aromatic carbocycles. The first-order valence-corrected chi connectivity index (χ1v) is 12.4. The van der Waals surface area contributed by atoms with Crippen LogP contribution in [-0.2, 0) is 14.8 Å². The van der Waals surface area contributed by atoms with Gasteiger partial charge in [0.15, 0.2) is 0 Å². The van der Waals surface area contributed by atoms with Gasteiger partial charge in [0.2, 0.25) is 10.0 Å². The number of para-hydroxylation sites is 1. The Hall–Kier alpha value is -2.18. The van der Waals surface area contributed by atoms with Crippen molar-refractivity contribution in [3.63, 3.8) is 0 Å². The van der Waals surface area contributed by atoms with Crippen LogP contribution in [0.3, 0.4) is 0 Å². The molecule has 0 saturated carbocycles. The molecule has 2 aromatic rings. The first kappa shape index (κ1) is 23.5. The molecule has 3 N–H and O–H groups in total. The lowest BCUT2D eigenvalue weighted by atomic mass is 10.2. The van der Waals surface area contributed by atoms with E-state index in [0.717, 1.165) is 24.5 Å². The first-order chi connectivity index (χ1) is 14.8. The number of benzene rings is 2. The molecule has 1 unspecified atom stereocenters. The van der Waals surface area contributed by atoms with E-state index in [0.29, 0.717) is 25.4 Å². The smallest absolute Gasteiger partial charge is 0.293 e. The SMILES string of the molecule is NS(=O)(=O)c1cccc([N+](=O)[O-])c1NC(CCN1CCOCC1)CSc1ccccc1. The second-order valence-corrected chi connectivity index (χ2v) is 9.78. The van der Waals surface area contributed by atoms with E-state index in [-0.39, 0.29) is 22.3 Å². The molecule has 1 saturated heterocycles. The molecule has 0 spiro atoms. The molecule has 0 radical (unpaired) electrons. The highest BCUT2D eigenvalue weighted by molar-refractivity contribution is 7.99. The Balaban J connectivity index is 1.83. The minimum Gasteiger partial charge on any atom is -0.379 e. The zero-order valence-electron chi connectivity index (χ0n) is 17.0. The number of thioether (sulfide) groups is 1. The summed E-state index contributed by atoms with van der Waals surface area (Å²) in [6.07, 6.45) is 0.677. The van der Waals surface area contributed by atoms with Crippen LogP contribution in [0.2, 0.25) is 0 Å². The molecule has 31 heavy (non-hydrogen) atoms. The largest absolute Gasteiger partial charge is 0.379 e. The van der Waals surface area contributed by atoms with E-state index >= 15 is 0 Å². The normalized spacial score (nSPS) is 16.0. The summed E-state index contributed by atoms with van der Waals surface area (Å²) >= 11 is 1.61. The van der Waals surface area contributed by atoms with Crippen LogP contribution in [0.1, 0.15) is 6.42 Å². The van der Waals surface area contributed by atoms with E-state index in [2.05, 4.69) is 10.2 Å². The summed E-state index contributed by atoms with van der Waals surface area (Å²) in [5.74, 6) is 0.602. The second-order valence-electron chi connectivity index (χ2n) is 7.16. The maximum absolute atomic E-state index is 12.1. The molecule has 1 aliphatic rings. The van der Waals surface area contributed by atoms with Crippen molar-refractivity contribution in [1.82, 2.24) is 4.90 Å². The van der Waals surface area contributed by atoms with Gasteiger partial charge in [-0.3, -0.25) is 15.0 Å². The predicted octanol–water partition coefficient (Wildman–Crippen LogP) is 2.54. The van der Waals surface area contributed by atoms with Crippen molar-refractivity contribution in [1.29, 1.82) is 0 Å². The number of ether oxygens (including phenoxy) is 1. The number of nitro benzene ring substituents is 1. The fourth-order valence-electron chi connectivity index (χ4n) is 3.33. The van der Waals surface area contributed by atoms with Crippen LogP contribution in [0.25, 0.3) is 0 Å². The molecular weight excluding hydrogens is 440 g/mol. The standard InChI is InChI=1S/C20H26N4O5S2/c21-31(27,28)19-8-4-7-18(24(25)26)20(19)22-16(9-10-23-11-13-29-14-12-23)15-30-17-5-2-1-3-6-17/h1-8,16,22H,9-15H2,(H2,21,27,28). The molecule has 1 atom stereocenters. The number of nitro groups is 1. The van der Waals surface area contributed by atoms with Gasteiger partial charge >= 0.3 is 0 Å². The highest BCUT2D eigenvalue weighted by Crippen LogP contribution is 2.32. The van der Waals surface area contributed by atoms with Crippen molar-refractivity contribution < 1.29 is 18.1 Å². The van der Waals surface area contributed by atoms with E-state index in [1.807, 2.05) is 30.3 Å². The third-order valence-electron chi connectivity index (χ3n) is 4.95. The Kier molecular flexibility index (Phi) is 8.27. The van der Waals surface area contributed by atoms with Crippen molar-refractivity contribution in [3.8, 4) is 0 Å².